The summed E-state index contributed by atoms with van der Waals surface area (Å²) in [5.74, 6) is -1.62. The third kappa shape index (κ3) is 4.29. The van der Waals surface area contributed by atoms with E-state index in [1.807, 2.05) is 24.3 Å². The minimum atomic E-state index is -0.822. The molecule has 1 aliphatic rings. The summed E-state index contributed by atoms with van der Waals surface area (Å²) in [6, 6.07) is 45.4. The number of pyridine rings is 2. The molecule has 2 heterocycles. The average Bonchev–Trinajstić information content (AvgIpc) is 3.32. The smallest absolute Gasteiger partial charge is 0.223 e. The molecule has 0 atom stereocenters. The maximum atomic E-state index is 14.6. The highest BCUT2D eigenvalue weighted by atomic mass is 19.1. The standard InChI is InChI=1S/C43H28F2N2/c1-43(2)37-23-27(15-17-33(37)34-18-16-28(24-38(34)43)31-19-20-40(44)47-42(31)45)25-11-13-26(14-12-25)36-22-30-21-29-7-3-6-10-39(29)46-41(30)35-9-5-4-8-32(35)36/h3-24H,1-2H3. The van der Waals surface area contributed by atoms with Gasteiger partial charge in [-0.25, -0.2) is 4.98 Å². The molecular weight excluding hydrogens is 582 g/mol. The molecule has 0 saturated carbocycles. The monoisotopic (exact) mass is 610 g/mol. The van der Waals surface area contributed by atoms with E-state index in [1.54, 1.807) is 0 Å². The van der Waals surface area contributed by atoms with Gasteiger partial charge < -0.3 is 0 Å². The van der Waals surface area contributed by atoms with Crippen molar-refractivity contribution in [1.82, 2.24) is 9.97 Å². The normalized spacial score (nSPS) is 13.3. The van der Waals surface area contributed by atoms with Crippen molar-refractivity contribution in [3.8, 4) is 44.5 Å². The van der Waals surface area contributed by atoms with Crippen LogP contribution >= 0.6 is 0 Å². The second-order valence-corrected chi connectivity index (χ2v) is 12.9. The van der Waals surface area contributed by atoms with Gasteiger partial charge in [-0.2, -0.15) is 13.8 Å². The van der Waals surface area contributed by atoms with Crippen molar-refractivity contribution < 1.29 is 8.78 Å². The largest absolute Gasteiger partial charge is 0.247 e. The Balaban J connectivity index is 1.10. The number of benzene rings is 6. The van der Waals surface area contributed by atoms with E-state index in [0.717, 1.165) is 55.0 Å². The van der Waals surface area contributed by atoms with Gasteiger partial charge in [0.1, 0.15) is 0 Å². The van der Waals surface area contributed by atoms with Crippen LogP contribution < -0.4 is 0 Å². The molecule has 8 aromatic rings. The number of hydrogen-bond acceptors (Lipinski definition) is 2. The number of fused-ring (bicyclic) bond motifs is 7. The minimum Gasteiger partial charge on any atom is -0.247 e. The van der Waals surface area contributed by atoms with Crippen LogP contribution in [0.25, 0.3) is 77.1 Å². The summed E-state index contributed by atoms with van der Waals surface area (Å²) in [6.07, 6.45) is 0. The average molecular weight is 611 g/mol. The van der Waals surface area contributed by atoms with Crippen molar-refractivity contribution in [3.05, 3.63) is 156 Å². The second-order valence-electron chi connectivity index (χ2n) is 12.9. The van der Waals surface area contributed by atoms with Gasteiger partial charge >= 0.3 is 0 Å². The maximum Gasteiger partial charge on any atom is 0.223 e. The predicted molar refractivity (Wildman–Crippen MR) is 188 cm³/mol. The lowest BCUT2D eigenvalue weighted by molar-refractivity contribution is 0.515. The topological polar surface area (TPSA) is 25.8 Å². The first-order chi connectivity index (χ1) is 22.8. The van der Waals surface area contributed by atoms with Crippen LogP contribution in [0.5, 0.6) is 0 Å². The zero-order valence-corrected chi connectivity index (χ0v) is 25.9. The lowest BCUT2D eigenvalue weighted by atomic mass is 9.81. The van der Waals surface area contributed by atoms with Gasteiger partial charge in [0.25, 0.3) is 0 Å². The molecule has 0 radical (unpaired) electrons. The first-order valence-electron chi connectivity index (χ1n) is 15.8. The molecule has 9 rings (SSSR count). The Morgan fingerprint density at radius 2 is 1.09 bits per heavy atom. The predicted octanol–water partition coefficient (Wildman–Crippen LogP) is 11.5. The highest BCUT2D eigenvalue weighted by Crippen LogP contribution is 2.51. The van der Waals surface area contributed by atoms with Crippen LogP contribution in [0.4, 0.5) is 8.78 Å². The van der Waals surface area contributed by atoms with Gasteiger partial charge in [-0.05, 0) is 97.9 Å². The molecule has 0 spiro atoms. The van der Waals surface area contributed by atoms with E-state index in [2.05, 4.69) is 116 Å². The molecule has 0 N–H and O–H groups in total. The number of hydrogen-bond donors (Lipinski definition) is 0. The van der Waals surface area contributed by atoms with Crippen LogP contribution in [-0.4, -0.2) is 9.97 Å². The molecular formula is C43H28F2N2. The molecule has 0 unspecified atom stereocenters. The minimum absolute atomic E-state index is 0.297. The third-order valence-corrected chi connectivity index (χ3v) is 9.86. The first-order valence-corrected chi connectivity index (χ1v) is 15.8. The summed E-state index contributed by atoms with van der Waals surface area (Å²) in [6.45, 7) is 4.41. The zero-order valence-electron chi connectivity index (χ0n) is 25.9. The molecule has 1 aliphatic carbocycles. The molecule has 2 nitrogen and oxygen atoms in total. The molecule has 0 fully saturated rings. The fourth-order valence-corrected chi connectivity index (χ4v) is 7.41. The highest BCUT2D eigenvalue weighted by molar-refractivity contribution is 6.14. The second kappa shape index (κ2) is 10.1. The summed E-state index contributed by atoms with van der Waals surface area (Å²) in [4.78, 5) is 8.44. The quantitative estimate of drug-likeness (QED) is 0.113. The van der Waals surface area contributed by atoms with E-state index in [9.17, 15) is 8.78 Å². The number of nitrogens with zero attached hydrogens (tertiary/aromatic N) is 2. The van der Waals surface area contributed by atoms with E-state index in [-0.39, 0.29) is 5.41 Å². The summed E-state index contributed by atoms with van der Waals surface area (Å²) in [5, 5.41) is 4.60. The van der Waals surface area contributed by atoms with Crippen molar-refractivity contribution in [1.29, 1.82) is 0 Å². The van der Waals surface area contributed by atoms with E-state index >= 15 is 0 Å². The van der Waals surface area contributed by atoms with Gasteiger partial charge in [0.2, 0.25) is 11.9 Å². The van der Waals surface area contributed by atoms with Crippen LogP contribution in [-0.2, 0) is 5.41 Å². The number of para-hydroxylation sites is 1. The number of rotatable bonds is 3. The molecule has 224 valence electrons. The Morgan fingerprint density at radius 1 is 0.468 bits per heavy atom. The summed E-state index contributed by atoms with van der Waals surface area (Å²) >= 11 is 0. The van der Waals surface area contributed by atoms with Crippen LogP contribution in [0.1, 0.15) is 25.0 Å². The Hall–Kier alpha value is -5.74. The lowest BCUT2D eigenvalue weighted by Gasteiger charge is -2.22. The number of halogens is 2. The molecule has 0 saturated heterocycles. The molecule has 2 aromatic heterocycles. The maximum absolute atomic E-state index is 14.6. The van der Waals surface area contributed by atoms with E-state index in [4.69, 9.17) is 4.98 Å². The van der Waals surface area contributed by atoms with Crippen LogP contribution in [0, 0.1) is 11.9 Å². The SMILES string of the molecule is CC1(C)c2cc(-c3ccc(-c4cc5cc6ccccc6nc5c5ccccc45)cc3)ccc2-c2ccc(-c3ccc(F)nc3F)cc21. The fraction of sp³-hybridized carbons (Fsp3) is 0.0698. The zero-order chi connectivity index (χ0) is 31.9. The van der Waals surface area contributed by atoms with E-state index in [1.165, 1.54) is 34.2 Å². The molecule has 0 amide bonds. The van der Waals surface area contributed by atoms with Crippen molar-refractivity contribution in [2.24, 2.45) is 0 Å². The van der Waals surface area contributed by atoms with Gasteiger partial charge in [0.05, 0.1) is 11.0 Å². The lowest BCUT2D eigenvalue weighted by Crippen LogP contribution is -2.15. The Bertz CT molecular complexity index is 2570. The van der Waals surface area contributed by atoms with Crippen molar-refractivity contribution in [3.63, 3.8) is 0 Å². The summed E-state index contributed by atoms with van der Waals surface area (Å²) in [7, 11) is 0. The fourth-order valence-electron chi connectivity index (χ4n) is 7.41. The molecule has 47 heavy (non-hydrogen) atoms. The van der Waals surface area contributed by atoms with Crippen molar-refractivity contribution in [2.75, 3.05) is 0 Å². The molecule has 0 bridgehead atoms. The Morgan fingerprint density at radius 3 is 1.85 bits per heavy atom. The highest BCUT2D eigenvalue weighted by Gasteiger charge is 2.36. The van der Waals surface area contributed by atoms with Crippen LogP contribution in [0.3, 0.4) is 0 Å². The van der Waals surface area contributed by atoms with Gasteiger partial charge in [-0.15, -0.1) is 0 Å². The molecule has 6 aromatic carbocycles. The van der Waals surface area contributed by atoms with Gasteiger partial charge in [0, 0.05) is 27.1 Å². The third-order valence-electron chi connectivity index (χ3n) is 9.86. The summed E-state index contributed by atoms with van der Waals surface area (Å²) in [5.41, 5.74) is 12.0. The van der Waals surface area contributed by atoms with Gasteiger partial charge in [-0.1, -0.05) is 105 Å². The van der Waals surface area contributed by atoms with Crippen molar-refractivity contribution in [2.45, 2.75) is 19.3 Å². The number of aromatic nitrogens is 2. The van der Waals surface area contributed by atoms with Gasteiger partial charge in [0.15, 0.2) is 0 Å². The molecule has 0 aliphatic heterocycles. The van der Waals surface area contributed by atoms with E-state index in [0.29, 0.717) is 11.1 Å². The van der Waals surface area contributed by atoms with Gasteiger partial charge in [-0.3, -0.25) is 0 Å². The Labute approximate surface area is 271 Å². The van der Waals surface area contributed by atoms with Crippen molar-refractivity contribution >= 4 is 32.6 Å². The summed E-state index contributed by atoms with van der Waals surface area (Å²) < 4.78 is 28.1. The Kier molecular flexibility index (Phi) is 5.94. The van der Waals surface area contributed by atoms with E-state index < -0.39 is 11.9 Å². The van der Waals surface area contributed by atoms with Crippen LogP contribution in [0.15, 0.2) is 133 Å². The van der Waals surface area contributed by atoms with Crippen LogP contribution in [0.2, 0.25) is 0 Å². The first kappa shape index (κ1) is 27.6. The molecule has 4 heteroatoms.